The summed E-state index contributed by atoms with van der Waals surface area (Å²) < 4.78 is 0. The lowest BCUT2D eigenvalue weighted by molar-refractivity contribution is 1.07. The summed E-state index contributed by atoms with van der Waals surface area (Å²) in [7, 11) is 0. The van der Waals surface area contributed by atoms with Gasteiger partial charge in [0.15, 0.2) is 23.2 Å². The second-order valence-corrected chi connectivity index (χ2v) is 18.2. The van der Waals surface area contributed by atoms with Gasteiger partial charge in [-0.3, -0.25) is 0 Å². The fraction of sp³-hybridized carbons (Fsp3) is 0. The molecule has 0 amide bonds. The van der Waals surface area contributed by atoms with E-state index in [9.17, 15) is 0 Å². The van der Waals surface area contributed by atoms with E-state index in [1.165, 1.54) is 48.7 Å². The smallest absolute Gasteiger partial charge is 0.188 e. The molecule has 0 atom stereocenters. The van der Waals surface area contributed by atoms with Gasteiger partial charge in [-0.1, -0.05) is 224 Å². The van der Waals surface area contributed by atoms with Crippen LogP contribution in [0.1, 0.15) is 0 Å². The summed E-state index contributed by atoms with van der Waals surface area (Å²) in [6, 6.07) is 89.4. The fourth-order valence-corrected chi connectivity index (χ4v) is 10.5. The van der Waals surface area contributed by atoms with Crippen molar-refractivity contribution in [3.63, 3.8) is 0 Å². The van der Waals surface area contributed by atoms with Crippen LogP contribution in [0.5, 0.6) is 0 Å². The van der Waals surface area contributed by atoms with Crippen molar-refractivity contribution in [3.05, 3.63) is 266 Å². The van der Waals surface area contributed by atoms with Gasteiger partial charge >= 0.3 is 0 Å². The summed E-state index contributed by atoms with van der Waals surface area (Å²) in [6.07, 6.45) is 0. The van der Waals surface area contributed by atoms with Crippen molar-refractivity contribution in [2.75, 3.05) is 0 Å². The first-order valence-electron chi connectivity index (χ1n) is 24.2. The Morgan fingerprint density at radius 3 is 1.35 bits per heavy atom. The molecule has 0 aliphatic carbocycles. The lowest BCUT2D eigenvalue weighted by atomic mass is 9.89. The Balaban J connectivity index is 0.887. The summed E-state index contributed by atoms with van der Waals surface area (Å²) in [6.45, 7) is 8.26. The van der Waals surface area contributed by atoms with Crippen molar-refractivity contribution in [2.24, 2.45) is 0 Å². The van der Waals surface area contributed by atoms with Crippen LogP contribution in [0.25, 0.3) is 138 Å². The third-order valence-corrected chi connectivity index (χ3v) is 13.9. The van der Waals surface area contributed by atoms with Crippen LogP contribution in [0.4, 0.5) is 5.69 Å². The van der Waals surface area contributed by atoms with E-state index in [0.717, 1.165) is 66.8 Å². The quantitative estimate of drug-likeness (QED) is 0.113. The number of rotatable bonds is 8. The first-order valence-corrected chi connectivity index (χ1v) is 24.2. The fourth-order valence-electron chi connectivity index (χ4n) is 10.5. The highest BCUT2D eigenvalue weighted by Gasteiger charge is 2.18. The Bertz CT molecular complexity index is 4240. The third-order valence-electron chi connectivity index (χ3n) is 13.9. The van der Waals surface area contributed by atoms with Crippen LogP contribution in [0.3, 0.4) is 0 Å². The molecule has 12 aromatic carbocycles. The zero-order chi connectivity index (χ0) is 48.0. The van der Waals surface area contributed by atoms with E-state index in [0.29, 0.717) is 23.2 Å². The minimum atomic E-state index is 0.579. The van der Waals surface area contributed by atoms with Gasteiger partial charge < -0.3 is 0 Å². The lowest BCUT2D eigenvalue weighted by Gasteiger charge is -2.16. The predicted molar refractivity (Wildman–Crippen MR) is 300 cm³/mol. The molecule has 1 heterocycles. The van der Waals surface area contributed by atoms with E-state index in [-0.39, 0.29) is 0 Å². The number of fused-ring (bicyclic) bond motifs is 7. The van der Waals surface area contributed by atoms with Crippen LogP contribution in [0.15, 0.2) is 255 Å². The molecule has 334 valence electrons. The summed E-state index contributed by atoms with van der Waals surface area (Å²) >= 11 is 0. The topological polar surface area (TPSA) is 43.0 Å². The van der Waals surface area contributed by atoms with Crippen molar-refractivity contribution < 1.29 is 0 Å². The monoisotopic (exact) mass is 914 g/mol. The zero-order valence-electron chi connectivity index (χ0n) is 39.0. The number of hydrogen-bond donors (Lipinski definition) is 0. The molecule has 0 saturated heterocycles. The van der Waals surface area contributed by atoms with Gasteiger partial charge in [0.2, 0.25) is 0 Å². The molecule has 0 spiro atoms. The van der Waals surface area contributed by atoms with Crippen LogP contribution in [0.2, 0.25) is 0 Å². The zero-order valence-corrected chi connectivity index (χ0v) is 39.0. The van der Waals surface area contributed by atoms with Gasteiger partial charge in [-0.2, -0.15) is 0 Å². The van der Waals surface area contributed by atoms with Crippen molar-refractivity contribution in [3.8, 4) is 89.8 Å². The molecule has 13 rings (SSSR count). The molecule has 0 bridgehead atoms. The van der Waals surface area contributed by atoms with E-state index in [1.807, 2.05) is 48.5 Å². The Morgan fingerprint density at radius 1 is 0.236 bits per heavy atom. The molecule has 13 aromatic rings. The molecule has 0 aliphatic heterocycles. The molecule has 0 saturated carbocycles. The van der Waals surface area contributed by atoms with Gasteiger partial charge in [0.25, 0.3) is 0 Å². The predicted octanol–water partition coefficient (Wildman–Crippen LogP) is 18.4. The first-order chi connectivity index (χ1) is 35.6. The van der Waals surface area contributed by atoms with Gasteiger partial charge in [-0.15, -0.1) is 0 Å². The Hall–Kier alpha value is -9.82. The van der Waals surface area contributed by atoms with Gasteiger partial charge in [0.05, 0.1) is 6.57 Å². The normalized spacial score (nSPS) is 11.3. The highest BCUT2D eigenvalue weighted by Crippen LogP contribution is 2.42. The minimum absolute atomic E-state index is 0.579. The Labute approximate surface area is 417 Å². The standard InChI is InChI=1S/C68H42N4/c1-69-53-41-51(40-52(42-53)58-26-8-7-24-56(58)50-37-38-63-61-29-11-10-27-59(61)60-28-12-13-30-62(60)65(63)43-50)48-21-15-22-49(39-48)57-25-9-14-31-64(57)68-71-66(46-18-3-2-4-19-46)70-67(72-68)47-35-33-45(34-36-47)55-32-16-20-44-17-5-6-23-54(44)55/h2-43H. The first kappa shape index (κ1) is 42.3. The van der Waals surface area contributed by atoms with Crippen LogP contribution in [0, 0.1) is 6.57 Å². The van der Waals surface area contributed by atoms with Gasteiger partial charge in [-0.05, 0) is 129 Å². The average Bonchev–Trinajstić information content (AvgIpc) is 3.47. The molecule has 1 aromatic heterocycles. The Kier molecular flexibility index (Phi) is 10.5. The summed E-state index contributed by atoms with van der Waals surface area (Å²) in [4.78, 5) is 19.4. The van der Waals surface area contributed by atoms with Crippen molar-refractivity contribution >= 4 is 48.8 Å². The highest BCUT2D eigenvalue weighted by molar-refractivity contribution is 6.25. The molecule has 0 radical (unpaired) electrons. The number of hydrogen-bond acceptors (Lipinski definition) is 3. The molecule has 0 unspecified atom stereocenters. The maximum absolute atomic E-state index is 8.26. The summed E-state index contributed by atoms with van der Waals surface area (Å²) in [5.41, 5.74) is 13.9. The lowest BCUT2D eigenvalue weighted by Crippen LogP contribution is -2.01. The van der Waals surface area contributed by atoms with Crippen LogP contribution in [-0.4, -0.2) is 15.0 Å². The molecule has 0 aliphatic rings. The molecule has 72 heavy (non-hydrogen) atoms. The van der Waals surface area contributed by atoms with Crippen LogP contribution in [-0.2, 0) is 0 Å². The maximum atomic E-state index is 8.26. The van der Waals surface area contributed by atoms with E-state index in [2.05, 4.69) is 211 Å². The summed E-state index contributed by atoms with van der Waals surface area (Å²) in [5.74, 6) is 1.79. The summed E-state index contributed by atoms with van der Waals surface area (Å²) in [5, 5.41) is 9.88. The number of aromatic nitrogens is 3. The van der Waals surface area contributed by atoms with E-state index in [1.54, 1.807) is 0 Å². The maximum Gasteiger partial charge on any atom is 0.188 e. The second-order valence-electron chi connectivity index (χ2n) is 18.2. The molecular formula is C68H42N4. The Morgan fingerprint density at radius 2 is 0.653 bits per heavy atom. The molecule has 0 fully saturated rings. The molecular weight excluding hydrogens is 873 g/mol. The van der Waals surface area contributed by atoms with Crippen molar-refractivity contribution in [1.82, 2.24) is 15.0 Å². The van der Waals surface area contributed by atoms with E-state index >= 15 is 0 Å². The largest absolute Gasteiger partial charge is 0.238 e. The second kappa shape index (κ2) is 17.9. The number of benzene rings is 12. The highest BCUT2D eigenvalue weighted by atomic mass is 15.0. The van der Waals surface area contributed by atoms with Gasteiger partial charge in [-0.25, -0.2) is 19.8 Å². The van der Waals surface area contributed by atoms with Crippen molar-refractivity contribution in [2.45, 2.75) is 0 Å². The number of nitrogens with zero attached hydrogens (tertiary/aromatic N) is 4. The average molecular weight is 915 g/mol. The third kappa shape index (κ3) is 7.63. The minimum Gasteiger partial charge on any atom is -0.238 e. The van der Waals surface area contributed by atoms with E-state index < -0.39 is 0 Å². The molecule has 4 nitrogen and oxygen atoms in total. The molecule has 0 N–H and O–H groups in total. The molecule has 4 heteroatoms. The SMILES string of the molecule is [C-]#[N+]c1cc(-c2cccc(-c3ccccc3-c3nc(-c4ccccc4)nc(-c4ccc(-c5cccc6ccccc56)cc4)n3)c2)cc(-c2ccccc2-c2ccc3c4ccccc4c4ccccc4c3c2)c1. The van der Waals surface area contributed by atoms with Crippen LogP contribution >= 0.6 is 0 Å². The van der Waals surface area contributed by atoms with Crippen molar-refractivity contribution in [1.29, 1.82) is 0 Å². The van der Waals surface area contributed by atoms with E-state index in [4.69, 9.17) is 21.5 Å². The van der Waals surface area contributed by atoms with Crippen LogP contribution < -0.4 is 0 Å². The van der Waals surface area contributed by atoms with Gasteiger partial charge in [0.1, 0.15) is 0 Å². The van der Waals surface area contributed by atoms with Gasteiger partial charge in [0, 0.05) is 16.7 Å².